The van der Waals surface area contributed by atoms with E-state index in [1.54, 1.807) is 0 Å². The van der Waals surface area contributed by atoms with Crippen molar-refractivity contribution in [1.29, 1.82) is 0 Å². The largest absolute Gasteiger partial charge is 0.462 e. The molecule has 0 aromatic heterocycles. The second-order valence-electron chi connectivity index (χ2n) is 17.7. The average molecular weight is 917 g/mol. The summed E-state index contributed by atoms with van der Waals surface area (Å²) in [6.07, 6.45) is 71.3. The van der Waals surface area contributed by atoms with Crippen molar-refractivity contribution in [2.75, 3.05) is 13.2 Å². The molecule has 0 spiro atoms. The van der Waals surface area contributed by atoms with Crippen molar-refractivity contribution in [1.82, 2.24) is 0 Å². The maximum Gasteiger partial charge on any atom is 0.306 e. The molecule has 66 heavy (non-hydrogen) atoms. The average Bonchev–Trinajstić information content (AvgIpc) is 3.31. The van der Waals surface area contributed by atoms with Gasteiger partial charge >= 0.3 is 17.9 Å². The molecule has 0 N–H and O–H groups in total. The summed E-state index contributed by atoms with van der Waals surface area (Å²) in [6.45, 7) is 6.41. The van der Waals surface area contributed by atoms with Crippen LogP contribution in [0.1, 0.15) is 245 Å². The van der Waals surface area contributed by atoms with Crippen LogP contribution in [0.3, 0.4) is 0 Å². The van der Waals surface area contributed by atoms with Gasteiger partial charge in [-0.3, -0.25) is 14.4 Å². The van der Waals surface area contributed by atoms with Crippen molar-refractivity contribution in [2.24, 2.45) is 0 Å². The van der Waals surface area contributed by atoms with Crippen LogP contribution in [0.4, 0.5) is 0 Å². The monoisotopic (exact) mass is 917 g/mol. The van der Waals surface area contributed by atoms with Crippen molar-refractivity contribution >= 4 is 17.9 Å². The zero-order valence-electron chi connectivity index (χ0n) is 42.9. The van der Waals surface area contributed by atoms with E-state index in [0.717, 1.165) is 83.5 Å². The minimum atomic E-state index is -0.834. The highest BCUT2D eigenvalue weighted by molar-refractivity contribution is 5.71. The third kappa shape index (κ3) is 51.3. The topological polar surface area (TPSA) is 78.9 Å². The summed E-state index contributed by atoms with van der Waals surface area (Å²) in [4.78, 5) is 38.0. The molecule has 0 aromatic carbocycles. The van der Waals surface area contributed by atoms with E-state index in [1.165, 1.54) is 109 Å². The minimum absolute atomic E-state index is 0.122. The number of rotatable bonds is 48. The Balaban J connectivity index is 4.53. The van der Waals surface area contributed by atoms with Gasteiger partial charge in [-0.2, -0.15) is 0 Å². The first-order valence-electron chi connectivity index (χ1n) is 27.2. The van der Waals surface area contributed by atoms with E-state index < -0.39 is 6.10 Å². The number of allylic oxidation sites excluding steroid dienone is 16. The maximum absolute atomic E-state index is 12.8. The third-order valence-electron chi connectivity index (χ3n) is 11.3. The van der Waals surface area contributed by atoms with Gasteiger partial charge in [-0.25, -0.2) is 0 Å². The first-order chi connectivity index (χ1) is 32.5. The van der Waals surface area contributed by atoms with Crippen LogP contribution < -0.4 is 0 Å². The number of carbonyl (C=O) groups excluding carboxylic acids is 3. The maximum atomic E-state index is 12.8. The first-order valence-corrected chi connectivity index (χ1v) is 27.2. The number of hydrogen-bond acceptors (Lipinski definition) is 6. The highest BCUT2D eigenvalue weighted by Gasteiger charge is 2.19. The molecule has 0 fully saturated rings. The van der Waals surface area contributed by atoms with Gasteiger partial charge in [0.25, 0.3) is 0 Å². The minimum Gasteiger partial charge on any atom is -0.462 e. The van der Waals surface area contributed by atoms with Crippen molar-refractivity contribution in [3.8, 4) is 0 Å². The summed E-state index contributed by atoms with van der Waals surface area (Å²) in [5.74, 6) is -1.06. The van der Waals surface area contributed by atoms with Crippen molar-refractivity contribution in [2.45, 2.75) is 252 Å². The summed E-state index contributed by atoms with van der Waals surface area (Å²) < 4.78 is 16.7. The van der Waals surface area contributed by atoms with E-state index in [2.05, 4.69) is 112 Å². The quantitative estimate of drug-likeness (QED) is 0.0262. The Morgan fingerprint density at radius 3 is 1.08 bits per heavy atom. The summed E-state index contributed by atoms with van der Waals surface area (Å²) >= 11 is 0. The van der Waals surface area contributed by atoms with Gasteiger partial charge in [-0.15, -0.1) is 0 Å². The fourth-order valence-electron chi connectivity index (χ4n) is 7.23. The van der Waals surface area contributed by atoms with Crippen LogP contribution in [-0.2, 0) is 28.6 Å². The van der Waals surface area contributed by atoms with Crippen molar-refractivity contribution in [3.63, 3.8) is 0 Å². The van der Waals surface area contributed by atoms with Crippen LogP contribution in [0.25, 0.3) is 0 Å². The second-order valence-corrected chi connectivity index (χ2v) is 17.7. The van der Waals surface area contributed by atoms with Crippen LogP contribution in [0.5, 0.6) is 0 Å². The Hall–Kier alpha value is -3.67. The Bertz CT molecular complexity index is 1330. The van der Waals surface area contributed by atoms with E-state index in [-0.39, 0.29) is 44.0 Å². The molecular formula is C60H100O6. The van der Waals surface area contributed by atoms with Gasteiger partial charge in [-0.1, -0.05) is 221 Å². The molecule has 1 atom stereocenters. The molecule has 0 rings (SSSR count). The molecule has 0 saturated carbocycles. The smallest absolute Gasteiger partial charge is 0.306 e. The highest BCUT2D eigenvalue weighted by atomic mass is 16.6. The molecule has 0 saturated heterocycles. The fourth-order valence-corrected chi connectivity index (χ4v) is 7.23. The van der Waals surface area contributed by atoms with Crippen LogP contribution in [0.2, 0.25) is 0 Å². The van der Waals surface area contributed by atoms with E-state index >= 15 is 0 Å². The SMILES string of the molecule is CC/C=C/C/C=C/C/C=C/C/C=C/C/C=C/CCCC(=O)OC(COC(=O)CC/C=C/C/C=C/CCCCCCCC)COC(=O)CCCCCCC/C=C/CCCCCCCCCCC. The summed E-state index contributed by atoms with van der Waals surface area (Å²) in [7, 11) is 0. The second kappa shape index (κ2) is 53.9. The van der Waals surface area contributed by atoms with Gasteiger partial charge in [0.15, 0.2) is 6.10 Å². The molecule has 1 unspecified atom stereocenters. The van der Waals surface area contributed by atoms with Crippen LogP contribution in [0.15, 0.2) is 97.2 Å². The molecule has 0 heterocycles. The van der Waals surface area contributed by atoms with E-state index in [9.17, 15) is 14.4 Å². The molecule has 0 aromatic rings. The number of unbranched alkanes of at least 4 members (excludes halogenated alkanes) is 21. The summed E-state index contributed by atoms with van der Waals surface area (Å²) in [6, 6.07) is 0. The van der Waals surface area contributed by atoms with E-state index in [4.69, 9.17) is 14.2 Å². The molecule has 376 valence electrons. The van der Waals surface area contributed by atoms with E-state index in [1.807, 2.05) is 6.08 Å². The number of esters is 3. The molecule has 0 aliphatic heterocycles. The predicted molar refractivity (Wildman–Crippen MR) is 284 cm³/mol. The van der Waals surface area contributed by atoms with Gasteiger partial charge in [0.05, 0.1) is 0 Å². The zero-order valence-corrected chi connectivity index (χ0v) is 42.9. The van der Waals surface area contributed by atoms with Gasteiger partial charge in [0.2, 0.25) is 0 Å². The van der Waals surface area contributed by atoms with Gasteiger partial charge in [0.1, 0.15) is 13.2 Å². The van der Waals surface area contributed by atoms with Crippen LogP contribution >= 0.6 is 0 Å². The summed E-state index contributed by atoms with van der Waals surface area (Å²) in [5, 5.41) is 0. The number of hydrogen-bond donors (Lipinski definition) is 0. The van der Waals surface area contributed by atoms with Crippen LogP contribution in [0, 0.1) is 0 Å². The summed E-state index contributed by atoms with van der Waals surface area (Å²) in [5.41, 5.74) is 0. The number of carbonyl (C=O) groups is 3. The first kappa shape index (κ1) is 62.3. The molecule has 0 amide bonds. The standard InChI is InChI=1S/C60H100O6/c1-4-7-10-13-16-19-22-25-27-29-31-32-35-38-41-44-47-50-53-59(62)65-56-57(55-64-58(61)52-49-46-43-40-37-34-24-21-18-15-12-9-6-3)66-60(63)54-51-48-45-42-39-36-33-30-28-26-23-20-17-14-11-8-5-2/h8,11,17,20,26,28,31-34,36-37,42-43,45-46,57H,4-7,9-10,12-16,18-19,21-25,27,29-30,35,38-41,44,47-56H2,1-3H3/b11-8+,20-17+,28-26+,32-31+,36-33+,37-34+,45-42+,46-43+. The molecule has 0 bridgehead atoms. The Morgan fingerprint density at radius 2 is 0.636 bits per heavy atom. The lowest BCUT2D eigenvalue weighted by molar-refractivity contribution is -0.166. The van der Waals surface area contributed by atoms with Gasteiger partial charge in [0, 0.05) is 19.3 Å². The van der Waals surface area contributed by atoms with Gasteiger partial charge < -0.3 is 14.2 Å². The van der Waals surface area contributed by atoms with E-state index in [0.29, 0.717) is 19.3 Å². The molecular weight excluding hydrogens is 817 g/mol. The Kier molecular flexibility index (Phi) is 50.9. The fraction of sp³-hybridized carbons (Fsp3) is 0.683. The lowest BCUT2D eigenvalue weighted by atomic mass is 10.1. The molecule has 6 nitrogen and oxygen atoms in total. The normalized spacial score (nSPS) is 12.8. The van der Waals surface area contributed by atoms with Gasteiger partial charge in [-0.05, 0) is 103 Å². The molecule has 6 heteroatoms. The molecule has 0 aliphatic carbocycles. The predicted octanol–water partition coefficient (Wildman–Crippen LogP) is 18.1. The van der Waals surface area contributed by atoms with Crippen molar-refractivity contribution in [3.05, 3.63) is 97.2 Å². The van der Waals surface area contributed by atoms with Crippen LogP contribution in [-0.4, -0.2) is 37.2 Å². The molecule has 0 aliphatic rings. The van der Waals surface area contributed by atoms with Crippen molar-refractivity contribution < 1.29 is 28.6 Å². The lowest BCUT2D eigenvalue weighted by Crippen LogP contribution is -2.30. The Morgan fingerprint density at radius 1 is 0.318 bits per heavy atom. The lowest BCUT2D eigenvalue weighted by Gasteiger charge is -2.18. The highest BCUT2D eigenvalue weighted by Crippen LogP contribution is 2.13. The molecule has 0 radical (unpaired) electrons. The third-order valence-corrected chi connectivity index (χ3v) is 11.3. The zero-order chi connectivity index (χ0) is 47.9. The number of ether oxygens (including phenoxy) is 3. The Labute approximate surface area is 407 Å².